The van der Waals surface area contributed by atoms with Gasteiger partial charge >= 0.3 is 5.97 Å². The molecule has 5 heteroatoms. The molecular formula is C15H13N3O2. The number of esters is 1. The first-order valence-electron chi connectivity index (χ1n) is 6.03. The number of carbonyl (C=O) groups is 1. The van der Waals surface area contributed by atoms with Gasteiger partial charge in [0.15, 0.2) is 0 Å². The fraction of sp³-hybridized carbons (Fsp3) is 0.133. The Labute approximate surface area is 116 Å². The van der Waals surface area contributed by atoms with E-state index in [4.69, 9.17) is 10.3 Å². The number of methoxy groups -OCH3 is 1. The van der Waals surface area contributed by atoms with Gasteiger partial charge in [0, 0.05) is 4.91 Å². The van der Waals surface area contributed by atoms with E-state index in [1.54, 1.807) is 6.07 Å². The summed E-state index contributed by atoms with van der Waals surface area (Å²) in [5.74, 6) is -0.411. The molecule has 2 aromatic carbocycles. The molecule has 0 saturated heterocycles. The van der Waals surface area contributed by atoms with Crippen molar-refractivity contribution < 1.29 is 9.53 Å². The first-order chi connectivity index (χ1) is 9.76. The highest BCUT2D eigenvalue weighted by atomic mass is 16.5. The molecule has 0 spiro atoms. The average Bonchev–Trinajstić information content (AvgIpc) is 2.52. The van der Waals surface area contributed by atoms with Crippen LogP contribution in [0.3, 0.4) is 0 Å². The molecule has 0 unspecified atom stereocenters. The Kier molecular flexibility index (Phi) is 4.37. The quantitative estimate of drug-likeness (QED) is 0.364. The Morgan fingerprint density at radius 1 is 1.25 bits per heavy atom. The number of benzene rings is 2. The zero-order valence-electron chi connectivity index (χ0n) is 11.0. The van der Waals surface area contributed by atoms with Gasteiger partial charge in [-0.1, -0.05) is 47.6 Å². The summed E-state index contributed by atoms with van der Waals surface area (Å²) in [5.41, 5.74) is 11.3. The standard InChI is InChI=1S/C15H13N3O2/c1-20-15(19)14-9-11(10-17-18-16)7-8-13(14)12-5-3-2-4-6-12/h2-9H,10H2,1H3. The van der Waals surface area contributed by atoms with Crippen molar-refractivity contribution in [2.45, 2.75) is 6.54 Å². The molecule has 100 valence electrons. The highest BCUT2D eigenvalue weighted by Crippen LogP contribution is 2.25. The second kappa shape index (κ2) is 6.41. The highest BCUT2D eigenvalue weighted by Gasteiger charge is 2.13. The normalized spacial score (nSPS) is 9.65. The SMILES string of the molecule is COC(=O)c1cc(CN=[N+]=[N-])ccc1-c1ccccc1. The summed E-state index contributed by atoms with van der Waals surface area (Å²) in [6.45, 7) is 0.204. The van der Waals surface area contributed by atoms with Crippen molar-refractivity contribution in [2.75, 3.05) is 7.11 Å². The Hall–Kier alpha value is -2.78. The lowest BCUT2D eigenvalue weighted by atomic mass is 9.97. The van der Waals surface area contributed by atoms with Crippen LogP contribution in [-0.2, 0) is 11.3 Å². The van der Waals surface area contributed by atoms with Gasteiger partial charge in [0.1, 0.15) is 0 Å². The fourth-order valence-electron chi connectivity index (χ4n) is 1.95. The molecule has 0 bridgehead atoms. The van der Waals surface area contributed by atoms with Crippen LogP contribution >= 0.6 is 0 Å². The van der Waals surface area contributed by atoms with Gasteiger partial charge in [-0.15, -0.1) is 0 Å². The highest BCUT2D eigenvalue weighted by molar-refractivity contribution is 5.97. The molecule has 0 aliphatic heterocycles. The van der Waals surface area contributed by atoms with Gasteiger partial charge in [0.25, 0.3) is 0 Å². The minimum absolute atomic E-state index is 0.204. The summed E-state index contributed by atoms with van der Waals surface area (Å²) in [5, 5.41) is 3.50. The summed E-state index contributed by atoms with van der Waals surface area (Å²) in [7, 11) is 1.34. The Bertz CT molecular complexity index is 662. The number of carbonyl (C=O) groups excluding carboxylic acids is 1. The molecule has 0 amide bonds. The van der Waals surface area contributed by atoms with Crippen LogP contribution in [0.2, 0.25) is 0 Å². The van der Waals surface area contributed by atoms with E-state index in [0.717, 1.165) is 16.7 Å². The minimum atomic E-state index is -0.411. The number of azide groups is 1. The third kappa shape index (κ3) is 2.96. The van der Waals surface area contributed by atoms with E-state index in [2.05, 4.69) is 10.0 Å². The summed E-state index contributed by atoms with van der Waals surface area (Å²) in [4.78, 5) is 14.6. The second-order valence-corrected chi connectivity index (χ2v) is 4.13. The number of hydrogen-bond acceptors (Lipinski definition) is 3. The first-order valence-corrected chi connectivity index (χ1v) is 6.03. The van der Waals surface area contributed by atoms with Crippen molar-refractivity contribution in [3.8, 4) is 11.1 Å². The Morgan fingerprint density at radius 2 is 2.00 bits per heavy atom. The minimum Gasteiger partial charge on any atom is -0.465 e. The van der Waals surface area contributed by atoms with Gasteiger partial charge in [-0.05, 0) is 28.3 Å². The average molecular weight is 267 g/mol. The Morgan fingerprint density at radius 3 is 2.65 bits per heavy atom. The van der Waals surface area contributed by atoms with Gasteiger partial charge < -0.3 is 4.74 Å². The zero-order valence-corrected chi connectivity index (χ0v) is 11.0. The third-order valence-corrected chi connectivity index (χ3v) is 2.89. The molecule has 0 saturated carbocycles. The molecular weight excluding hydrogens is 254 g/mol. The van der Waals surface area contributed by atoms with Gasteiger partial charge in [-0.2, -0.15) is 0 Å². The van der Waals surface area contributed by atoms with Crippen molar-refractivity contribution in [1.29, 1.82) is 0 Å². The van der Waals surface area contributed by atoms with E-state index in [-0.39, 0.29) is 6.54 Å². The van der Waals surface area contributed by atoms with E-state index in [1.165, 1.54) is 7.11 Å². The van der Waals surface area contributed by atoms with Crippen LogP contribution in [0.5, 0.6) is 0 Å². The number of nitrogens with zero attached hydrogens (tertiary/aromatic N) is 3. The molecule has 20 heavy (non-hydrogen) atoms. The summed E-state index contributed by atoms with van der Waals surface area (Å²) in [6, 6.07) is 15.0. The lowest BCUT2D eigenvalue weighted by Gasteiger charge is -2.09. The van der Waals surface area contributed by atoms with Crippen molar-refractivity contribution in [3.05, 3.63) is 70.1 Å². The van der Waals surface area contributed by atoms with Crippen LogP contribution < -0.4 is 0 Å². The molecule has 0 aliphatic rings. The van der Waals surface area contributed by atoms with Crippen LogP contribution in [0.4, 0.5) is 0 Å². The van der Waals surface area contributed by atoms with Gasteiger partial charge in [-0.25, -0.2) is 4.79 Å². The predicted octanol–water partition coefficient (Wildman–Crippen LogP) is 3.95. The molecule has 5 nitrogen and oxygen atoms in total. The third-order valence-electron chi connectivity index (χ3n) is 2.89. The first kappa shape index (κ1) is 13.6. The largest absolute Gasteiger partial charge is 0.465 e. The van der Waals surface area contributed by atoms with Gasteiger partial charge in [0.2, 0.25) is 0 Å². The van der Waals surface area contributed by atoms with E-state index in [9.17, 15) is 4.79 Å². The maximum absolute atomic E-state index is 11.9. The lowest BCUT2D eigenvalue weighted by molar-refractivity contribution is 0.0601. The van der Waals surface area contributed by atoms with Crippen molar-refractivity contribution in [2.24, 2.45) is 5.11 Å². The van der Waals surface area contributed by atoms with E-state index < -0.39 is 5.97 Å². The lowest BCUT2D eigenvalue weighted by Crippen LogP contribution is -2.04. The van der Waals surface area contributed by atoms with Crippen molar-refractivity contribution >= 4 is 5.97 Å². The molecule has 0 N–H and O–H groups in total. The van der Waals surface area contributed by atoms with Crippen molar-refractivity contribution in [3.63, 3.8) is 0 Å². The van der Waals surface area contributed by atoms with E-state index >= 15 is 0 Å². The van der Waals surface area contributed by atoms with Gasteiger partial charge in [-0.3, -0.25) is 0 Å². The number of hydrogen-bond donors (Lipinski definition) is 0. The van der Waals surface area contributed by atoms with Crippen LogP contribution in [-0.4, -0.2) is 13.1 Å². The zero-order chi connectivity index (χ0) is 14.4. The molecule has 0 atom stereocenters. The van der Waals surface area contributed by atoms with Crippen LogP contribution in [0.1, 0.15) is 15.9 Å². The van der Waals surface area contributed by atoms with Crippen LogP contribution in [0.15, 0.2) is 53.6 Å². The summed E-state index contributed by atoms with van der Waals surface area (Å²) < 4.78 is 4.82. The van der Waals surface area contributed by atoms with Gasteiger partial charge in [0.05, 0.1) is 19.2 Å². The topological polar surface area (TPSA) is 75.1 Å². The summed E-state index contributed by atoms with van der Waals surface area (Å²) in [6.07, 6.45) is 0. The maximum Gasteiger partial charge on any atom is 0.338 e. The van der Waals surface area contributed by atoms with Crippen LogP contribution in [0, 0.1) is 0 Å². The smallest absolute Gasteiger partial charge is 0.338 e. The molecule has 0 fully saturated rings. The summed E-state index contributed by atoms with van der Waals surface area (Å²) >= 11 is 0. The second-order valence-electron chi connectivity index (χ2n) is 4.13. The monoisotopic (exact) mass is 267 g/mol. The molecule has 2 aromatic rings. The molecule has 0 aliphatic carbocycles. The molecule has 2 rings (SSSR count). The molecule has 0 heterocycles. The van der Waals surface area contributed by atoms with E-state index in [0.29, 0.717) is 5.56 Å². The maximum atomic E-state index is 11.9. The Balaban J connectivity index is 2.51. The van der Waals surface area contributed by atoms with Crippen molar-refractivity contribution in [1.82, 2.24) is 0 Å². The predicted molar refractivity (Wildman–Crippen MR) is 76.1 cm³/mol. The number of rotatable bonds is 4. The number of ether oxygens (including phenoxy) is 1. The molecule has 0 aromatic heterocycles. The molecule has 0 radical (unpaired) electrons. The van der Waals surface area contributed by atoms with Crippen LogP contribution in [0.25, 0.3) is 21.6 Å². The fourth-order valence-corrected chi connectivity index (χ4v) is 1.95. The van der Waals surface area contributed by atoms with E-state index in [1.807, 2.05) is 42.5 Å².